The summed E-state index contributed by atoms with van der Waals surface area (Å²) in [5.41, 5.74) is 1.78. The lowest BCUT2D eigenvalue weighted by molar-refractivity contribution is 0.608. The van der Waals surface area contributed by atoms with Crippen molar-refractivity contribution in [3.63, 3.8) is 0 Å². The summed E-state index contributed by atoms with van der Waals surface area (Å²) in [6.45, 7) is 0.970. The third kappa shape index (κ3) is 1.96. The Labute approximate surface area is 88.5 Å². The van der Waals surface area contributed by atoms with Crippen molar-refractivity contribution < 1.29 is 4.42 Å². The second-order valence-electron chi connectivity index (χ2n) is 4.15. The van der Waals surface area contributed by atoms with Crippen LogP contribution in [0.15, 0.2) is 28.7 Å². The second kappa shape index (κ2) is 3.57. The van der Waals surface area contributed by atoms with Gasteiger partial charge in [0.1, 0.15) is 5.52 Å². The van der Waals surface area contributed by atoms with Crippen LogP contribution in [0.1, 0.15) is 19.3 Å². The van der Waals surface area contributed by atoms with Gasteiger partial charge < -0.3 is 9.73 Å². The Kier molecular flexibility index (Phi) is 2.09. The van der Waals surface area contributed by atoms with Crippen LogP contribution in [0.2, 0.25) is 0 Å². The van der Waals surface area contributed by atoms with E-state index in [0.29, 0.717) is 6.01 Å². The van der Waals surface area contributed by atoms with Gasteiger partial charge in [-0.15, -0.1) is 0 Å². The Hall–Kier alpha value is -1.51. The van der Waals surface area contributed by atoms with E-state index in [2.05, 4.69) is 10.3 Å². The van der Waals surface area contributed by atoms with E-state index in [9.17, 15) is 0 Å². The van der Waals surface area contributed by atoms with Gasteiger partial charge in [0.15, 0.2) is 5.58 Å². The van der Waals surface area contributed by atoms with Crippen LogP contribution in [0.5, 0.6) is 0 Å². The van der Waals surface area contributed by atoms with Crippen LogP contribution in [0.3, 0.4) is 0 Å². The molecule has 3 nitrogen and oxygen atoms in total. The van der Waals surface area contributed by atoms with Crippen molar-refractivity contribution in [2.45, 2.75) is 19.3 Å². The lowest BCUT2D eigenvalue weighted by Crippen LogP contribution is -2.01. The van der Waals surface area contributed by atoms with E-state index in [1.165, 1.54) is 19.3 Å². The lowest BCUT2D eigenvalue weighted by atomic mass is 10.3. The quantitative estimate of drug-likeness (QED) is 0.828. The highest BCUT2D eigenvalue weighted by molar-refractivity contribution is 5.74. The molecule has 78 valence electrons. The van der Waals surface area contributed by atoms with Gasteiger partial charge in [0, 0.05) is 6.54 Å². The van der Waals surface area contributed by atoms with E-state index in [4.69, 9.17) is 4.42 Å². The molecule has 0 spiro atoms. The zero-order chi connectivity index (χ0) is 10.1. The molecule has 3 rings (SSSR count). The van der Waals surface area contributed by atoms with Gasteiger partial charge in [0.2, 0.25) is 0 Å². The first kappa shape index (κ1) is 8.77. The first-order chi connectivity index (χ1) is 7.42. The summed E-state index contributed by atoms with van der Waals surface area (Å²) in [7, 11) is 0. The van der Waals surface area contributed by atoms with Gasteiger partial charge in [-0.2, -0.15) is 4.98 Å². The van der Waals surface area contributed by atoms with Crippen LogP contribution >= 0.6 is 0 Å². The van der Waals surface area contributed by atoms with Gasteiger partial charge in [0.25, 0.3) is 6.01 Å². The van der Waals surface area contributed by atoms with Crippen molar-refractivity contribution in [1.29, 1.82) is 0 Å². The van der Waals surface area contributed by atoms with E-state index >= 15 is 0 Å². The molecule has 0 aliphatic heterocycles. The number of nitrogens with one attached hydrogen (secondary N) is 1. The number of hydrogen-bond acceptors (Lipinski definition) is 3. The minimum atomic E-state index is 0.650. The highest BCUT2D eigenvalue weighted by Gasteiger charge is 2.20. The predicted octanol–water partition coefficient (Wildman–Crippen LogP) is 3.04. The Morgan fingerprint density at radius 3 is 3.00 bits per heavy atom. The summed E-state index contributed by atoms with van der Waals surface area (Å²) in [5.74, 6) is 0.946. The molecule has 0 bridgehead atoms. The molecular weight excluding hydrogens is 188 g/mol. The fraction of sp³-hybridized carbons (Fsp3) is 0.417. The Morgan fingerprint density at radius 2 is 2.20 bits per heavy atom. The second-order valence-corrected chi connectivity index (χ2v) is 4.15. The van der Waals surface area contributed by atoms with Crippen molar-refractivity contribution in [3.8, 4) is 0 Å². The summed E-state index contributed by atoms with van der Waals surface area (Å²) >= 11 is 0. The standard InChI is InChI=1S/C12H14N2O/c1-2-4-11-10(3-1)14-12(15-11)13-8-7-9-5-6-9/h1-4,9H,5-8H2,(H,13,14). The maximum Gasteiger partial charge on any atom is 0.295 e. The zero-order valence-electron chi connectivity index (χ0n) is 8.57. The Morgan fingerprint density at radius 1 is 1.33 bits per heavy atom. The SMILES string of the molecule is c1ccc2oc(NCCC3CC3)nc2c1. The van der Waals surface area contributed by atoms with Gasteiger partial charge in [-0.3, -0.25) is 0 Å². The third-order valence-electron chi connectivity index (χ3n) is 2.82. The van der Waals surface area contributed by atoms with Crippen LogP contribution in [0, 0.1) is 5.92 Å². The molecule has 15 heavy (non-hydrogen) atoms. The van der Waals surface area contributed by atoms with Crippen molar-refractivity contribution in [2.75, 3.05) is 11.9 Å². The summed E-state index contributed by atoms with van der Waals surface area (Å²) < 4.78 is 5.55. The van der Waals surface area contributed by atoms with Crippen LogP contribution in [0.4, 0.5) is 6.01 Å². The van der Waals surface area contributed by atoms with Gasteiger partial charge >= 0.3 is 0 Å². The average molecular weight is 202 g/mol. The molecular formula is C12H14N2O. The highest BCUT2D eigenvalue weighted by atomic mass is 16.4. The number of benzene rings is 1. The van der Waals surface area contributed by atoms with E-state index in [1.807, 2.05) is 24.3 Å². The number of oxazole rings is 1. The van der Waals surface area contributed by atoms with E-state index in [-0.39, 0.29) is 0 Å². The molecule has 1 heterocycles. The molecule has 0 unspecified atom stereocenters. The summed E-state index contributed by atoms with van der Waals surface area (Å²) in [4.78, 5) is 4.35. The molecule has 1 saturated carbocycles. The molecule has 3 heteroatoms. The van der Waals surface area contributed by atoms with Gasteiger partial charge in [0.05, 0.1) is 0 Å². The number of hydrogen-bond donors (Lipinski definition) is 1. The van der Waals surface area contributed by atoms with Gasteiger partial charge in [-0.25, -0.2) is 0 Å². The fourth-order valence-electron chi connectivity index (χ4n) is 1.74. The zero-order valence-corrected chi connectivity index (χ0v) is 8.57. The highest BCUT2D eigenvalue weighted by Crippen LogP contribution is 2.32. The maximum absolute atomic E-state index is 5.55. The van der Waals surface area contributed by atoms with Crippen molar-refractivity contribution in [2.24, 2.45) is 5.92 Å². The molecule has 1 N–H and O–H groups in total. The molecule has 2 aromatic rings. The van der Waals surface area contributed by atoms with Crippen molar-refractivity contribution in [3.05, 3.63) is 24.3 Å². The average Bonchev–Trinajstić information content (AvgIpc) is 2.97. The summed E-state index contributed by atoms with van der Waals surface area (Å²) in [6, 6.07) is 8.48. The molecule has 1 aliphatic rings. The van der Waals surface area contributed by atoms with Crippen LogP contribution in [0.25, 0.3) is 11.1 Å². The van der Waals surface area contributed by atoms with Gasteiger partial charge in [-0.05, 0) is 24.5 Å². The molecule has 0 saturated heterocycles. The minimum absolute atomic E-state index is 0.650. The van der Waals surface area contributed by atoms with Crippen molar-refractivity contribution in [1.82, 2.24) is 4.98 Å². The molecule has 0 amide bonds. The summed E-state index contributed by atoms with van der Waals surface area (Å²) in [6.07, 6.45) is 4.03. The topological polar surface area (TPSA) is 38.1 Å². The lowest BCUT2D eigenvalue weighted by Gasteiger charge is -1.98. The Balaban J connectivity index is 1.68. The number of fused-ring (bicyclic) bond motifs is 1. The number of para-hydroxylation sites is 2. The molecule has 1 aliphatic carbocycles. The fourth-order valence-corrected chi connectivity index (χ4v) is 1.74. The number of aromatic nitrogens is 1. The minimum Gasteiger partial charge on any atom is -0.424 e. The van der Waals surface area contributed by atoms with Gasteiger partial charge in [-0.1, -0.05) is 25.0 Å². The van der Waals surface area contributed by atoms with Crippen LogP contribution in [-0.2, 0) is 0 Å². The summed E-state index contributed by atoms with van der Waals surface area (Å²) in [5, 5.41) is 3.23. The third-order valence-corrected chi connectivity index (χ3v) is 2.82. The van der Waals surface area contributed by atoms with E-state index in [1.54, 1.807) is 0 Å². The van der Waals surface area contributed by atoms with Crippen molar-refractivity contribution >= 4 is 17.1 Å². The maximum atomic E-state index is 5.55. The Bertz CT molecular complexity index is 426. The molecule has 0 radical (unpaired) electrons. The number of anilines is 1. The normalized spacial score (nSPS) is 15.7. The van der Waals surface area contributed by atoms with Crippen LogP contribution in [-0.4, -0.2) is 11.5 Å². The molecule has 1 aromatic heterocycles. The molecule has 1 aromatic carbocycles. The predicted molar refractivity (Wildman–Crippen MR) is 59.8 cm³/mol. The first-order valence-corrected chi connectivity index (χ1v) is 5.51. The largest absolute Gasteiger partial charge is 0.424 e. The monoisotopic (exact) mass is 202 g/mol. The number of nitrogens with zero attached hydrogens (tertiary/aromatic N) is 1. The van der Waals surface area contributed by atoms with E-state index < -0.39 is 0 Å². The molecule has 0 atom stereocenters. The van der Waals surface area contributed by atoms with E-state index in [0.717, 1.165) is 23.6 Å². The molecule has 1 fully saturated rings. The first-order valence-electron chi connectivity index (χ1n) is 5.51. The number of rotatable bonds is 4. The van der Waals surface area contributed by atoms with Crippen LogP contribution < -0.4 is 5.32 Å². The smallest absolute Gasteiger partial charge is 0.295 e.